The van der Waals surface area contributed by atoms with Gasteiger partial charge in [-0.2, -0.15) is 0 Å². The second kappa shape index (κ2) is 7.98. The molecule has 0 saturated heterocycles. The molecule has 2 saturated carbocycles. The highest BCUT2D eigenvalue weighted by molar-refractivity contribution is 5.70. The van der Waals surface area contributed by atoms with Crippen LogP contribution >= 0.6 is 0 Å². The van der Waals surface area contributed by atoms with E-state index in [4.69, 9.17) is 10.5 Å². The van der Waals surface area contributed by atoms with Crippen LogP contribution in [0.4, 0.5) is 5.82 Å². The number of aromatic nitrogens is 1. The van der Waals surface area contributed by atoms with Crippen molar-refractivity contribution in [1.29, 1.82) is 0 Å². The van der Waals surface area contributed by atoms with Crippen molar-refractivity contribution < 1.29 is 4.74 Å². The van der Waals surface area contributed by atoms with E-state index in [0.29, 0.717) is 30.4 Å². The van der Waals surface area contributed by atoms with Crippen molar-refractivity contribution in [2.45, 2.75) is 71.9 Å². The van der Waals surface area contributed by atoms with Gasteiger partial charge in [0, 0.05) is 29.8 Å². The Bertz CT molecular complexity index is 844. The molecule has 2 aliphatic carbocycles. The van der Waals surface area contributed by atoms with Crippen LogP contribution in [0.3, 0.4) is 0 Å². The first kappa shape index (κ1) is 20.2. The van der Waals surface area contributed by atoms with Crippen molar-refractivity contribution in [3.63, 3.8) is 0 Å². The van der Waals surface area contributed by atoms with Crippen LogP contribution in [0.2, 0.25) is 0 Å². The third-order valence-corrected chi connectivity index (χ3v) is 6.55. The maximum absolute atomic E-state index is 6.25. The SMILES string of the molecule is Cc1cccc(C)c1-c1cc(OC[C@@H](CC(C)C)NC2CC3(CC3)C2)cc(N)n1. The van der Waals surface area contributed by atoms with Crippen molar-refractivity contribution in [3.8, 4) is 17.0 Å². The van der Waals surface area contributed by atoms with E-state index in [1.807, 2.05) is 12.1 Å². The summed E-state index contributed by atoms with van der Waals surface area (Å²) in [5, 5.41) is 3.86. The fourth-order valence-electron chi connectivity index (χ4n) is 4.93. The molecule has 4 nitrogen and oxygen atoms in total. The van der Waals surface area contributed by atoms with Gasteiger partial charge in [-0.3, -0.25) is 0 Å². The lowest BCUT2D eigenvalue weighted by atomic mass is 9.76. The summed E-state index contributed by atoms with van der Waals surface area (Å²) < 4.78 is 6.25. The smallest absolute Gasteiger partial charge is 0.127 e. The quantitative estimate of drug-likeness (QED) is 0.641. The molecular weight excluding hydrogens is 358 g/mol. The molecule has 1 aromatic heterocycles. The predicted octanol–water partition coefficient (Wildman–Crippen LogP) is 5.27. The molecule has 3 N–H and O–H groups in total. The Morgan fingerprint density at radius 1 is 1.17 bits per heavy atom. The van der Waals surface area contributed by atoms with Gasteiger partial charge in [-0.15, -0.1) is 0 Å². The average molecular weight is 394 g/mol. The Hall–Kier alpha value is -2.07. The number of rotatable bonds is 8. The highest BCUT2D eigenvalue weighted by Gasteiger charge is 2.52. The molecule has 4 rings (SSSR count). The predicted molar refractivity (Wildman–Crippen MR) is 120 cm³/mol. The highest BCUT2D eigenvalue weighted by Crippen LogP contribution is 2.60. The number of hydrogen-bond acceptors (Lipinski definition) is 4. The summed E-state index contributed by atoms with van der Waals surface area (Å²) in [5.41, 5.74) is 11.3. The summed E-state index contributed by atoms with van der Waals surface area (Å²) >= 11 is 0. The normalized spacial score (nSPS) is 18.7. The number of aryl methyl sites for hydroxylation is 2. The summed E-state index contributed by atoms with van der Waals surface area (Å²) in [7, 11) is 0. The van der Waals surface area contributed by atoms with Crippen LogP contribution in [0.5, 0.6) is 5.75 Å². The van der Waals surface area contributed by atoms with Gasteiger partial charge in [0.15, 0.2) is 0 Å². The molecule has 2 aliphatic rings. The standard InChI is InChI=1S/C25H35N3O/c1-16(2)10-19(27-20-13-25(14-20)8-9-25)15-29-21-11-22(28-23(26)12-21)24-17(3)6-5-7-18(24)4/h5-7,11-12,16,19-20,27H,8-10,13-15H2,1-4H3,(H2,26,28)/t19-/m1/s1. The van der Waals surface area contributed by atoms with Crippen LogP contribution in [0.15, 0.2) is 30.3 Å². The molecule has 4 heteroatoms. The Morgan fingerprint density at radius 2 is 1.86 bits per heavy atom. The molecule has 0 aliphatic heterocycles. The number of nitrogens with one attached hydrogen (secondary N) is 1. The number of hydrogen-bond donors (Lipinski definition) is 2. The zero-order valence-electron chi connectivity index (χ0n) is 18.3. The first-order chi connectivity index (χ1) is 13.8. The molecule has 1 heterocycles. The van der Waals surface area contributed by atoms with E-state index in [2.05, 4.69) is 56.2 Å². The van der Waals surface area contributed by atoms with Crippen molar-refractivity contribution in [3.05, 3.63) is 41.5 Å². The minimum absolute atomic E-state index is 0.370. The van der Waals surface area contributed by atoms with E-state index in [9.17, 15) is 0 Å². The lowest BCUT2D eigenvalue weighted by molar-refractivity contribution is 0.152. The maximum atomic E-state index is 6.25. The Balaban J connectivity index is 1.45. The fourth-order valence-corrected chi connectivity index (χ4v) is 4.93. The third-order valence-electron chi connectivity index (χ3n) is 6.55. The molecule has 0 unspecified atom stereocenters. The lowest BCUT2D eigenvalue weighted by Crippen LogP contribution is -2.49. The molecule has 1 aromatic carbocycles. The van der Waals surface area contributed by atoms with Gasteiger partial charge in [0.1, 0.15) is 18.2 Å². The van der Waals surface area contributed by atoms with Gasteiger partial charge in [0.25, 0.3) is 0 Å². The molecule has 2 aromatic rings. The summed E-state index contributed by atoms with van der Waals surface area (Å²) in [5.74, 6) is 1.94. The first-order valence-electron chi connectivity index (χ1n) is 11.1. The number of benzene rings is 1. The van der Waals surface area contributed by atoms with E-state index in [0.717, 1.165) is 28.8 Å². The van der Waals surface area contributed by atoms with Gasteiger partial charge >= 0.3 is 0 Å². The van der Waals surface area contributed by atoms with E-state index in [1.54, 1.807) is 0 Å². The largest absolute Gasteiger partial charge is 0.492 e. The van der Waals surface area contributed by atoms with Gasteiger partial charge < -0.3 is 15.8 Å². The zero-order valence-corrected chi connectivity index (χ0v) is 18.3. The number of ether oxygens (including phenoxy) is 1. The van der Waals surface area contributed by atoms with Crippen LogP contribution in [0.25, 0.3) is 11.3 Å². The average Bonchev–Trinajstić information content (AvgIpc) is 3.39. The van der Waals surface area contributed by atoms with E-state index >= 15 is 0 Å². The highest BCUT2D eigenvalue weighted by atomic mass is 16.5. The molecule has 0 radical (unpaired) electrons. The van der Waals surface area contributed by atoms with Crippen LogP contribution in [-0.4, -0.2) is 23.7 Å². The first-order valence-corrected chi connectivity index (χ1v) is 11.1. The number of anilines is 1. The Kier molecular flexibility index (Phi) is 5.56. The van der Waals surface area contributed by atoms with E-state index in [1.165, 1.54) is 36.8 Å². The van der Waals surface area contributed by atoms with Crippen molar-refractivity contribution in [2.24, 2.45) is 11.3 Å². The van der Waals surface area contributed by atoms with Gasteiger partial charge in [-0.1, -0.05) is 32.0 Å². The van der Waals surface area contributed by atoms with Crippen molar-refractivity contribution in [1.82, 2.24) is 10.3 Å². The summed E-state index contributed by atoms with van der Waals surface area (Å²) in [6.45, 7) is 9.45. The Labute approximate surface area is 175 Å². The lowest BCUT2D eigenvalue weighted by Gasteiger charge is -2.39. The minimum Gasteiger partial charge on any atom is -0.492 e. The van der Waals surface area contributed by atoms with Crippen molar-refractivity contribution in [2.75, 3.05) is 12.3 Å². The molecule has 156 valence electrons. The molecule has 0 amide bonds. The molecule has 1 spiro atoms. The minimum atomic E-state index is 0.370. The molecule has 0 bridgehead atoms. The maximum Gasteiger partial charge on any atom is 0.127 e. The number of nitrogens with two attached hydrogens (primary N) is 1. The topological polar surface area (TPSA) is 60.2 Å². The van der Waals surface area contributed by atoms with Crippen molar-refractivity contribution >= 4 is 5.82 Å². The number of nitrogen functional groups attached to an aromatic ring is 1. The monoisotopic (exact) mass is 393 g/mol. The van der Waals surface area contributed by atoms with Gasteiger partial charge in [0.05, 0.1) is 5.69 Å². The Morgan fingerprint density at radius 3 is 2.48 bits per heavy atom. The van der Waals surface area contributed by atoms with Gasteiger partial charge in [-0.05, 0) is 68.4 Å². The van der Waals surface area contributed by atoms with Gasteiger partial charge in [-0.25, -0.2) is 4.98 Å². The summed E-state index contributed by atoms with van der Waals surface area (Å²) in [4.78, 5) is 4.58. The van der Waals surface area contributed by atoms with Gasteiger partial charge in [0.2, 0.25) is 0 Å². The second-order valence-electron chi connectivity index (χ2n) is 9.79. The summed E-state index contributed by atoms with van der Waals surface area (Å²) in [6, 6.07) is 11.2. The summed E-state index contributed by atoms with van der Waals surface area (Å²) in [6.07, 6.45) is 6.69. The molecule has 2 fully saturated rings. The molecule has 29 heavy (non-hydrogen) atoms. The fraction of sp³-hybridized carbons (Fsp3) is 0.560. The molecule has 1 atom stereocenters. The van der Waals surface area contributed by atoms with Crippen LogP contribution in [-0.2, 0) is 0 Å². The van der Waals surface area contributed by atoms with Crippen LogP contribution in [0.1, 0.15) is 57.1 Å². The number of pyridine rings is 1. The second-order valence-corrected chi connectivity index (χ2v) is 9.79. The molecular formula is C25H35N3O. The third kappa shape index (κ3) is 4.75. The van der Waals surface area contributed by atoms with Crippen LogP contribution < -0.4 is 15.8 Å². The van der Waals surface area contributed by atoms with Crippen LogP contribution in [0, 0.1) is 25.2 Å². The van der Waals surface area contributed by atoms with E-state index < -0.39 is 0 Å². The zero-order chi connectivity index (χ0) is 20.6. The van der Waals surface area contributed by atoms with E-state index in [-0.39, 0.29) is 0 Å². The number of nitrogens with zero attached hydrogens (tertiary/aromatic N) is 1.